The number of ether oxygens (including phenoxy) is 1. The van der Waals surface area contributed by atoms with E-state index in [-0.39, 0.29) is 18.4 Å². The highest BCUT2D eigenvalue weighted by molar-refractivity contribution is 7.08. The second-order valence-corrected chi connectivity index (χ2v) is 5.47. The molecule has 20 heavy (non-hydrogen) atoms. The van der Waals surface area contributed by atoms with Gasteiger partial charge in [-0.2, -0.15) is 11.3 Å². The van der Waals surface area contributed by atoms with Crippen LogP contribution in [0.2, 0.25) is 0 Å². The van der Waals surface area contributed by atoms with Gasteiger partial charge in [0.1, 0.15) is 6.04 Å². The van der Waals surface area contributed by atoms with Crippen molar-refractivity contribution in [2.24, 2.45) is 5.73 Å². The maximum absolute atomic E-state index is 12.2. The fourth-order valence-electron chi connectivity index (χ4n) is 2.18. The van der Waals surface area contributed by atoms with Crippen molar-refractivity contribution >= 4 is 23.2 Å². The van der Waals surface area contributed by atoms with Crippen LogP contribution in [-0.4, -0.2) is 67.6 Å². The number of carbonyl (C=O) groups is 2. The SMILES string of the molecule is COCC(N)C(=O)N1CCN(C(=O)c2ccsc2)CC1. The largest absolute Gasteiger partial charge is 0.383 e. The van der Waals surface area contributed by atoms with E-state index in [0.29, 0.717) is 31.7 Å². The van der Waals surface area contributed by atoms with Gasteiger partial charge in [0.2, 0.25) is 5.91 Å². The van der Waals surface area contributed by atoms with Gasteiger partial charge in [-0.25, -0.2) is 0 Å². The van der Waals surface area contributed by atoms with Gasteiger partial charge in [0.15, 0.2) is 0 Å². The van der Waals surface area contributed by atoms with Crippen molar-refractivity contribution in [2.75, 3.05) is 39.9 Å². The van der Waals surface area contributed by atoms with Crippen LogP contribution in [0, 0.1) is 0 Å². The lowest BCUT2D eigenvalue weighted by Crippen LogP contribution is -2.55. The number of nitrogens with zero attached hydrogens (tertiary/aromatic N) is 2. The monoisotopic (exact) mass is 297 g/mol. The number of nitrogens with two attached hydrogens (primary N) is 1. The molecule has 0 saturated carbocycles. The van der Waals surface area contributed by atoms with Crippen LogP contribution in [0.15, 0.2) is 16.8 Å². The van der Waals surface area contributed by atoms with Crippen LogP contribution in [0.3, 0.4) is 0 Å². The highest BCUT2D eigenvalue weighted by Crippen LogP contribution is 2.12. The number of hydrogen-bond acceptors (Lipinski definition) is 5. The molecule has 110 valence electrons. The molecular weight excluding hydrogens is 278 g/mol. The molecule has 0 radical (unpaired) electrons. The summed E-state index contributed by atoms with van der Waals surface area (Å²) in [6, 6.07) is 1.19. The van der Waals surface area contributed by atoms with Gasteiger partial charge in [-0.15, -0.1) is 0 Å². The van der Waals surface area contributed by atoms with Crippen molar-refractivity contribution in [3.05, 3.63) is 22.4 Å². The minimum absolute atomic E-state index is 0.0274. The number of piperazine rings is 1. The fourth-order valence-corrected chi connectivity index (χ4v) is 2.81. The Morgan fingerprint density at radius 1 is 1.35 bits per heavy atom. The molecule has 0 bridgehead atoms. The highest BCUT2D eigenvalue weighted by Gasteiger charge is 2.27. The van der Waals surface area contributed by atoms with E-state index in [1.807, 2.05) is 16.8 Å². The number of hydrogen-bond donors (Lipinski definition) is 1. The molecule has 1 aliphatic rings. The van der Waals surface area contributed by atoms with Gasteiger partial charge in [0.05, 0.1) is 12.2 Å². The van der Waals surface area contributed by atoms with Crippen LogP contribution in [0.4, 0.5) is 0 Å². The molecular formula is C13H19N3O3S. The molecule has 1 saturated heterocycles. The minimum atomic E-state index is -0.626. The van der Waals surface area contributed by atoms with Crippen LogP contribution in [0.5, 0.6) is 0 Å². The lowest BCUT2D eigenvalue weighted by molar-refractivity contribution is -0.135. The summed E-state index contributed by atoms with van der Waals surface area (Å²) in [5.41, 5.74) is 6.45. The van der Waals surface area contributed by atoms with Crippen LogP contribution < -0.4 is 5.73 Å². The van der Waals surface area contributed by atoms with Crippen LogP contribution >= 0.6 is 11.3 Å². The third-order valence-corrected chi connectivity index (χ3v) is 3.99. The summed E-state index contributed by atoms with van der Waals surface area (Å²) < 4.78 is 4.89. The third-order valence-electron chi connectivity index (χ3n) is 3.31. The number of carbonyl (C=O) groups excluding carboxylic acids is 2. The summed E-state index contributed by atoms with van der Waals surface area (Å²) in [6.07, 6.45) is 0. The van der Waals surface area contributed by atoms with E-state index >= 15 is 0 Å². The van der Waals surface area contributed by atoms with E-state index < -0.39 is 6.04 Å². The van der Waals surface area contributed by atoms with Gasteiger partial charge in [-0.1, -0.05) is 0 Å². The number of amides is 2. The smallest absolute Gasteiger partial charge is 0.254 e. The van der Waals surface area contributed by atoms with E-state index in [4.69, 9.17) is 10.5 Å². The molecule has 1 aliphatic heterocycles. The van der Waals surface area contributed by atoms with Crippen molar-refractivity contribution in [1.29, 1.82) is 0 Å². The van der Waals surface area contributed by atoms with Gasteiger partial charge < -0.3 is 20.3 Å². The molecule has 2 rings (SSSR count). The second-order valence-electron chi connectivity index (χ2n) is 4.69. The first-order valence-electron chi connectivity index (χ1n) is 6.48. The average molecular weight is 297 g/mol. The quantitative estimate of drug-likeness (QED) is 0.849. The first-order chi connectivity index (χ1) is 9.63. The predicted octanol–water partition coefficient (Wildman–Crippen LogP) is 0.00620. The molecule has 1 aromatic heterocycles. The van der Waals surface area contributed by atoms with Crippen LogP contribution in [-0.2, 0) is 9.53 Å². The van der Waals surface area contributed by atoms with Crippen molar-refractivity contribution in [3.63, 3.8) is 0 Å². The van der Waals surface area contributed by atoms with E-state index in [1.54, 1.807) is 9.80 Å². The molecule has 1 fully saturated rings. The molecule has 1 unspecified atom stereocenters. The van der Waals surface area contributed by atoms with Gasteiger partial charge in [0.25, 0.3) is 5.91 Å². The van der Waals surface area contributed by atoms with Gasteiger partial charge >= 0.3 is 0 Å². The molecule has 1 atom stereocenters. The Hall–Kier alpha value is -1.44. The molecule has 6 nitrogen and oxygen atoms in total. The summed E-state index contributed by atoms with van der Waals surface area (Å²) in [5, 5.41) is 3.73. The zero-order valence-electron chi connectivity index (χ0n) is 11.4. The lowest BCUT2D eigenvalue weighted by Gasteiger charge is -2.35. The zero-order valence-corrected chi connectivity index (χ0v) is 12.3. The standard InChI is InChI=1S/C13H19N3O3S/c1-19-8-11(14)13(18)16-5-3-15(4-6-16)12(17)10-2-7-20-9-10/h2,7,9,11H,3-6,8,14H2,1H3. The first kappa shape index (κ1) is 15.0. The maximum atomic E-state index is 12.2. The number of rotatable bonds is 4. The van der Waals surface area contributed by atoms with E-state index in [2.05, 4.69) is 0 Å². The van der Waals surface area contributed by atoms with Crippen LogP contribution in [0.25, 0.3) is 0 Å². The van der Waals surface area contributed by atoms with E-state index in [0.717, 1.165) is 0 Å². The fraction of sp³-hybridized carbons (Fsp3) is 0.538. The topological polar surface area (TPSA) is 75.9 Å². The molecule has 7 heteroatoms. The summed E-state index contributed by atoms with van der Waals surface area (Å²) in [7, 11) is 1.52. The lowest BCUT2D eigenvalue weighted by atomic mass is 10.2. The third kappa shape index (κ3) is 3.36. The Morgan fingerprint density at radius 2 is 2.00 bits per heavy atom. The Balaban J connectivity index is 1.86. The summed E-state index contributed by atoms with van der Waals surface area (Å²) >= 11 is 1.50. The molecule has 2 amide bonds. The van der Waals surface area contributed by atoms with Gasteiger partial charge in [-0.3, -0.25) is 9.59 Å². The number of methoxy groups -OCH3 is 1. The predicted molar refractivity (Wildman–Crippen MR) is 76.7 cm³/mol. The van der Waals surface area contributed by atoms with E-state index in [1.165, 1.54) is 18.4 Å². The van der Waals surface area contributed by atoms with E-state index in [9.17, 15) is 9.59 Å². The molecule has 2 N–H and O–H groups in total. The van der Waals surface area contributed by atoms with Crippen molar-refractivity contribution in [3.8, 4) is 0 Å². The zero-order chi connectivity index (χ0) is 14.5. The molecule has 1 aromatic rings. The van der Waals surface area contributed by atoms with Crippen LogP contribution in [0.1, 0.15) is 10.4 Å². The maximum Gasteiger partial charge on any atom is 0.254 e. The van der Waals surface area contributed by atoms with Crippen molar-refractivity contribution < 1.29 is 14.3 Å². The highest BCUT2D eigenvalue weighted by atomic mass is 32.1. The number of thiophene rings is 1. The second kappa shape index (κ2) is 6.83. The first-order valence-corrected chi connectivity index (χ1v) is 7.42. The molecule has 0 aromatic carbocycles. The Bertz CT molecular complexity index is 455. The summed E-state index contributed by atoms with van der Waals surface area (Å²) in [4.78, 5) is 27.6. The van der Waals surface area contributed by atoms with Crippen molar-refractivity contribution in [1.82, 2.24) is 9.80 Å². The van der Waals surface area contributed by atoms with Crippen molar-refractivity contribution in [2.45, 2.75) is 6.04 Å². The summed E-state index contributed by atoms with van der Waals surface area (Å²) in [5.74, 6) is -0.0889. The van der Waals surface area contributed by atoms with Gasteiger partial charge in [0, 0.05) is 38.7 Å². The Labute approximate surface area is 122 Å². The molecule has 2 heterocycles. The minimum Gasteiger partial charge on any atom is -0.383 e. The average Bonchev–Trinajstić information content (AvgIpc) is 3.00. The summed E-state index contributed by atoms with van der Waals surface area (Å²) in [6.45, 7) is 2.34. The Morgan fingerprint density at radius 3 is 2.55 bits per heavy atom. The molecule has 0 aliphatic carbocycles. The Kier molecular flexibility index (Phi) is 5.11. The normalized spacial score (nSPS) is 17.1. The molecule has 0 spiro atoms. The van der Waals surface area contributed by atoms with Gasteiger partial charge in [-0.05, 0) is 11.4 Å².